The first-order valence-electron chi connectivity index (χ1n) is 11.8. The van der Waals surface area contributed by atoms with E-state index in [0.717, 1.165) is 27.0 Å². The van der Waals surface area contributed by atoms with Gasteiger partial charge in [0.15, 0.2) is 5.17 Å². The van der Waals surface area contributed by atoms with Gasteiger partial charge in [-0.2, -0.15) is 0 Å². The highest BCUT2D eigenvalue weighted by atomic mass is 79.9. The zero-order valence-electron chi connectivity index (χ0n) is 20.1. The van der Waals surface area contributed by atoms with Crippen LogP contribution in [0, 0.1) is 6.92 Å². The van der Waals surface area contributed by atoms with E-state index in [9.17, 15) is 4.79 Å². The minimum atomic E-state index is -0.0271. The van der Waals surface area contributed by atoms with Crippen molar-refractivity contribution in [3.63, 3.8) is 0 Å². The lowest BCUT2D eigenvalue weighted by Gasteiger charge is -2.12. The van der Waals surface area contributed by atoms with Crippen LogP contribution in [0.15, 0.2) is 99.3 Å². The first-order chi connectivity index (χ1) is 17.5. The molecule has 6 heteroatoms. The van der Waals surface area contributed by atoms with E-state index in [0.29, 0.717) is 23.2 Å². The van der Waals surface area contributed by atoms with Crippen LogP contribution in [-0.2, 0) is 11.4 Å². The van der Waals surface area contributed by atoms with E-state index in [1.54, 1.807) is 4.90 Å². The lowest BCUT2D eigenvalue weighted by molar-refractivity contribution is -0.122. The number of likely N-dealkylation sites (N-methyl/N-ethyl adjacent to an activating group) is 1. The van der Waals surface area contributed by atoms with Gasteiger partial charge in [0.2, 0.25) is 0 Å². The topological polar surface area (TPSA) is 41.9 Å². The van der Waals surface area contributed by atoms with Crippen LogP contribution in [0.3, 0.4) is 0 Å². The summed E-state index contributed by atoms with van der Waals surface area (Å²) in [7, 11) is 0. The number of carbonyl (C=O) groups is 1. The number of hydrogen-bond acceptors (Lipinski definition) is 4. The van der Waals surface area contributed by atoms with Crippen molar-refractivity contribution in [3.05, 3.63) is 111 Å². The number of hydrogen-bond donors (Lipinski definition) is 0. The van der Waals surface area contributed by atoms with Gasteiger partial charge in [-0.1, -0.05) is 66.2 Å². The Balaban J connectivity index is 1.33. The zero-order chi connectivity index (χ0) is 25.1. The highest BCUT2D eigenvalue weighted by molar-refractivity contribution is 9.10. The molecule has 1 aliphatic rings. The van der Waals surface area contributed by atoms with Crippen LogP contribution >= 0.6 is 27.7 Å². The number of fused-ring (bicyclic) bond motifs is 1. The summed E-state index contributed by atoms with van der Waals surface area (Å²) in [6.45, 7) is 5.05. The van der Waals surface area contributed by atoms with Crippen LogP contribution in [-0.4, -0.2) is 22.5 Å². The maximum Gasteiger partial charge on any atom is 0.266 e. The summed E-state index contributed by atoms with van der Waals surface area (Å²) in [5.41, 5.74) is 4.07. The molecule has 1 amide bonds. The summed E-state index contributed by atoms with van der Waals surface area (Å²) in [5.74, 6) is 0.730. The number of aryl methyl sites for hydroxylation is 1. The molecule has 0 unspecified atom stereocenters. The van der Waals surface area contributed by atoms with Gasteiger partial charge in [-0.05, 0) is 93.8 Å². The Bertz CT molecular complexity index is 1490. The van der Waals surface area contributed by atoms with Crippen molar-refractivity contribution in [2.45, 2.75) is 20.5 Å². The number of benzene rings is 4. The Morgan fingerprint density at radius 3 is 2.56 bits per heavy atom. The fourth-order valence-corrected chi connectivity index (χ4v) is 5.62. The van der Waals surface area contributed by atoms with Crippen LogP contribution in [0.5, 0.6) is 5.75 Å². The zero-order valence-corrected chi connectivity index (χ0v) is 22.5. The van der Waals surface area contributed by atoms with Crippen LogP contribution < -0.4 is 4.74 Å². The fourth-order valence-electron chi connectivity index (χ4n) is 4.05. The van der Waals surface area contributed by atoms with Crippen molar-refractivity contribution < 1.29 is 9.53 Å². The van der Waals surface area contributed by atoms with Gasteiger partial charge in [0.05, 0.1) is 15.1 Å². The molecule has 4 nitrogen and oxygen atoms in total. The molecule has 1 aliphatic heterocycles. The average Bonchev–Trinajstić information content (AvgIpc) is 3.18. The van der Waals surface area contributed by atoms with Gasteiger partial charge in [0.1, 0.15) is 12.4 Å². The SMILES string of the molecule is CCN1C(=O)/C(=C\c2ccc(OCc3cccc4ccccc34)c(Br)c2)SC1=Nc1ccc(C)cc1. The smallest absolute Gasteiger partial charge is 0.266 e. The van der Waals surface area contributed by atoms with E-state index >= 15 is 0 Å². The largest absolute Gasteiger partial charge is 0.488 e. The summed E-state index contributed by atoms with van der Waals surface area (Å²) in [4.78, 5) is 20.1. The minimum Gasteiger partial charge on any atom is -0.488 e. The van der Waals surface area contributed by atoms with E-state index in [1.807, 2.05) is 74.5 Å². The van der Waals surface area contributed by atoms with Crippen molar-refractivity contribution >= 4 is 61.3 Å². The molecule has 36 heavy (non-hydrogen) atoms. The number of ether oxygens (including phenoxy) is 1. The Morgan fingerprint density at radius 1 is 1.00 bits per heavy atom. The molecule has 0 aliphatic carbocycles. The summed E-state index contributed by atoms with van der Waals surface area (Å²) < 4.78 is 6.98. The van der Waals surface area contributed by atoms with Crippen molar-refractivity contribution in [2.75, 3.05) is 6.54 Å². The number of halogens is 1. The number of nitrogens with zero attached hydrogens (tertiary/aromatic N) is 2. The van der Waals surface area contributed by atoms with Gasteiger partial charge in [-0.25, -0.2) is 4.99 Å². The normalized spacial score (nSPS) is 15.9. The Morgan fingerprint density at radius 2 is 1.78 bits per heavy atom. The molecule has 0 aromatic heterocycles. The number of thioether (sulfide) groups is 1. The molecule has 4 aromatic carbocycles. The standard InChI is InChI=1S/C30H25BrN2O2S/c1-3-33-29(34)28(36-30(33)32-24-14-11-20(2)12-15-24)18-21-13-16-27(26(31)17-21)35-19-23-9-6-8-22-7-4-5-10-25(22)23/h4-18H,3,19H2,1-2H3/b28-18+,32-30?. The molecule has 0 N–H and O–H groups in total. The molecule has 0 saturated carbocycles. The molecule has 0 atom stereocenters. The molecule has 1 fully saturated rings. The van der Waals surface area contributed by atoms with Crippen molar-refractivity contribution in [1.82, 2.24) is 4.90 Å². The van der Waals surface area contributed by atoms with Gasteiger partial charge in [-0.15, -0.1) is 0 Å². The molecule has 1 saturated heterocycles. The molecule has 180 valence electrons. The predicted octanol–water partition coefficient (Wildman–Crippen LogP) is 8.11. The summed E-state index contributed by atoms with van der Waals surface area (Å²) in [5, 5.41) is 3.09. The third-order valence-electron chi connectivity index (χ3n) is 5.98. The number of rotatable bonds is 6. The summed E-state index contributed by atoms with van der Waals surface area (Å²) in [6, 6.07) is 28.4. The fraction of sp³-hybridized carbons (Fsp3) is 0.133. The lowest BCUT2D eigenvalue weighted by atomic mass is 10.1. The van der Waals surface area contributed by atoms with Gasteiger partial charge in [0.25, 0.3) is 5.91 Å². The number of carbonyl (C=O) groups excluding carboxylic acids is 1. The average molecular weight is 558 g/mol. The molecular weight excluding hydrogens is 532 g/mol. The monoisotopic (exact) mass is 556 g/mol. The molecule has 0 spiro atoms. The third kappa shape index (κ3) is 5.25. The quantitative estimate of drug-likeness (QED) is 0.225. The maximum absolute atomic E-state index is 13.0. The molecule has 0 radical (unpaired) electrons. The molecule has 4 aromatic rings. The van der Waals surface area contributed by atoms with E-state index in [1.165, 1.54) is 28.1 Å². The van der Waals surface area contributed by atoms with Crippen LogP contribution in [0.2, 0.25) is 0 Å². The number of amides is 1. The van der Waals surface area contributed by atoms with Crippen molar-refractivity contribution in [3.8, 4) is 5.75 Å². The van der Waals surface area contributed by atoms with Gasteiger partial charge >= 0.3 is 0 Å². The minimum absolute atomic E-state index is 0.0271. The number of amidine groups is 1. The van der Waals surface area contributed by atoms with Crippen molar-refractivity contribution in [1.29, 1.82) is 0 Å². The van der Waals surface area contributed by atoms with Gasteiger partial charge < -0.3 is 4.74 Å². The first kappa shape index (κ1) is 24.3. The van der Waals surface area contributed by atoms with Crippen LogP contribution in [0.1, 0.15) is 23.6 Å². The second-order valence-corrected chi connectivity index (χ2v) is 10.4. The maximum atomic E-state index is 13.0. The van der Waals surface area contributed by atoms with Crippen LogP contribution in [0.4, 0.5) is 5.69 Å². The molecule has 5 rings (SSSR count). The summed E-state index contributed by atoms with van der Waals surface area (Å²) in [6.07, 6.45) is 1.91. The van der Waals surface area contributed by atoms with Crippen molar-refractivity contribution in [2.24, 2.45) is 4.99 Å². The van der Waals surface area contributed by atoms with Gasteiger partial charge in [0, 0.05) is 6.54 Å². The van der Waals surface area contributed by atoms with E-state index in [2.05, 4.69) is 46.3 Å². The Kier molecular flexibility index (Phi) is 7.25. The lowest BCUT2D eigenvalue weighted by Crippen LogP contribution is -2.28. The molecular formula is C30H25BrN2O2S. The molecule has 0 bridgehead atoms. The van der Waals surface area contributed by atoms with E-state index < -0.39 is 0 Å². The second kappa shape index (κ2) is 10.7. The summed E-state index contributed by atoms with van der Waals surface area (Å²) >= 11 is 5.05. The third-order valence-corrected chi connectivity index (χ3v) is 7.61. The van der Waals surface area contributed by atoms with E-state index in [4.69, 9.17) is 9.73 Å². The second-order valence-electron chi connectivity index (χ2n) is 8.51. The highest BCUT2D eigenvalue weighted by Crippen LogP contribution is 2.35. The molecule has 1 heterocycles. The predicted molar refractivity (Wildman–Crippen MR) is 154 cm³/mol. The van der Waals surface area contributed by atoms with Crippen LogP contribution in [0.25, 0.3) is 16.8 Å². The highest BCUT2D eigenvalue weighted by Gasteiger charge is 2.32. The van der Waals surface area contributed by atoms with E-state index in [-0.39, 0.29) is 5.91 Å². The Labute approximate surface area is 223 Å². The Hall–Kier alpha value is -3.35. The number of aliphatic imine (C=N–C) groups is 1. The van der Waals surface area contributed by atoms with Gasteiger partial charge in [-0.3, -0.25) is 9.69 Å². The first-order valence-corrected chi connectivity index (χ1v) is 13.4.